The third kappa shape index (κ3) is 5.70. The van der Waals surface area contributed by atoms with E-state index in [1.807, 2.05) is 6.07 Å². The smallest absolute Gasteiger partial charge is 0.337 e. The number of carboxylic acids is 1. The second kappa shape index (κ2) is 10.1. The number of carbonyl (C=O) groups is 3. The average molecular weight is 544 g/mol. The van der Waals surface area contributed by atoms with Crippen LogP contribution in [0.15, 0.2) is 52.1 Å². The number of ketones is 1. The number of carbonyl (C=O) groups excluding carboxylic acids is 2. The number of nitrogens with one attached hydrogen (secondary N) is 1. The molecule has 4 rings (SSSR count). The van der Waals surface area contributed by atoms with Crippen molar-refractivity contribution in [2.24, 2.45) is 5.41 Å². The third-order valence-electron chi connectivity index (χ3n) is 5.23. The molecule has 4 heterocycles. The van der Waals surface area contributed by atoms with E-state index in [0.717, 1.165) is 26.4 Å². The molecule has 0 aromatic carbocycles. The Morgan fingerprint density at radius 1 is 1.22 bits per heavy atom. The highest BCUT2D eigenvalue weighted by molar-refractivity contribution is 7.16. The summed E-state index contributed by atoms with van der Waals surface area (Å²) < 4.78 is 7.68. The van der Waals surface area contributed by atoms with Crippen LogP contribution >= 0.6 is 22.9 Å². The van der Waals surface area contributed by atoms with Gasteiger partial charge in [0.05, 0.1) is 34.9 Å². The number of Topliss-reactive ketones (excluding diaryl/α,β-unsaturated/α-hetero) is 1. The summed E-state index contributed by atoms with van der Waals surface area (Å²) in [7, 11) is 0. The van der Waals surface area contributed by atoms with E-state index in [1.165, 1.54) is 29.9 Å². The maximum atomic E-state index is 13.1. The molecule has 0 bridgehead atoms. The van der Waals surface area contributed by atoms with E-state index < -0.39 is 29.3 Å². The maximum Gasteiger partial charge on any atom is 0.337 e. The second-order valence-electron chi connectivity index (χ2n) is 9.07. The summed E-state index contributed by atoms with van der Waals surface area (Å²) in [5.41, 5.74) is -1.61. The zero-order valence-electron chi connectivity index (χ0n) is 20.0. The standard InChI is InChI=1S/C24H22ClN5O6S/c1-24(2,3)23(35)30-19(27-10-13-4-5-18(25)37-13)9-16(28-30)14-8-20(32)29(11-15(14)22(33)34)12-17(31)21-26-6-7-36-21/h4-9,11,27H,10,12H2,1-3H3,(H,33,34). The molecule has 192 valence electrons. The molecule has 0 radical (unpaired) electrons. The number of carboxylic acid groups (broad SMARTS) is 1. The summed E-state index contributed by atoms with van der Waals surface area (Å²) in [6.07, 6.45) is 3.57. The van der Waals surface area contributed by atoms with Gasteiger partial charge in [0.15, 0.2) is 0 Å². The third-order valence-corrected chi connectivity index (χ3v) is 6.46. The highest BCUT2D eigenvalue weighted by Crippen LogP contribution is 2.29. The summed E-state index contributed by atoms with van der Waals surface area (Å²) in [5.74, 6) is -2.16. The Hall–Kier alpha value is -4.03. The van der Waals surface area contributed by atoms with Crippen molar-refractivity contribution in [2.75, 3.05) is 5.32 Å². The molecule has 0 saturated carbocycles. The Bertz CT molecular complexity index is 1540. The molecule has 0 aliphatic heterocycles. The van der Waals surface area contributed by atoms with Crippen LogP contribution in [-0.4, -0.2) is 42.1 Å². The molecule has 0 unspecified atom stereocenters. The van der Waals surface area contributed by atoms with Gasteiger partial charge < -0.3 is 19.4 Å². The Kier molecular flexibility index (Phi) is 7.14. The first-order valence-electron chi connectivity index (χ1n) is 11.0. The van der Waals surface area contributed by atoms with Crippen LogP contribution < -0.4 is 10.9 Å². The number of anilines is 1. The van der Waals surface area contributed by atoms with E-state index in [2.05, 4.69) is 15.4 Å². The lowest BCUT2D eigenvalue weighted by Crippen LogP contribution is -2.29. The van der Waals surface area contributed by atoms with Gasteiger partial charge in [-0.05, 0) is 12.1 Å². The zero-order valence-corrected chi connectivity index (χ0v) is 21.6. The van der Waals surface area contributed by atoms with E-state index in [4.69, 9.17) is 16.0 Å². The summed E-state index contributed by atoms with van der Waals surface area (Å²) in [6.45, 7) is 5.07. The van der Waals surface area contributed by atoms with Gasteiger partial charge in [-0.3, -0.25) is 14.4 Å². The van der Waals surface area contributed by atoms with Crippen LogP contribution in [-0.2, 0) is 13.1 Å². The predicted octanol–water partition coefficient (Wildman–Crippen LogP) is 4.29. The van der Waals surface area contributed by atoms with Crippen molar-refractivity contribution in [3.8, 4) is 11.3 Å². The number of thiophene rings is 1. The quantitative estimate of drug-likeness (QED) is 0.310. The van der Waals surface area contributed by atoms with E-state index in [0.29, 0.717) is 16.7 Å². The summed E-state index contributed by atoms with van der Waals surface area (Å²) in [6, 6.07) is 6.17. The molecule has 0 saturated heterocycles. The van der Waals surface area contributed by atoms with Gasteiger partial charge in [0, 0.05) is 34.2 Å². The molecule has 4 aromatic rings. The Morgan fingerprint density at radius 3 is 2.57 bits per heavy atom. The van der Waals surface area contributed by atoms with E-state index >= 15 is 0 Å². The monoisotopic (exact) mass is 543 g/mol. The first-order valence-corrected chi connectivity index (χ1v) is 12.2. The van der Waals surface area contributed by atoms with Crippen LogP contribution in [0.3, 0.4) is 0 Å². The van der Waals surface area contributed by atoms with Crippen LogP contribution in [0.1, 0.15) is 51.5 Å². The summed E-state index contributed by atoms with van der Waals surface area (Å²) in [5, 5.41) is 17.4. The molecule has 2 N–H and O–H groups in total. The number of hydrogen-bond donors (Lipinski definition) is 2. The molecule has 0 amide bonds. The van der Waals surface area contributed by atoms with Crippen LogP contribution in [0.4, 0.5) is 5.82 Å². The van der Waals surface area contributed by atoms with Crippen molar-refractivity contribution in [2.45, 2.75) is 33.9 Å². The minimum Gasteiger partial charge on any atom is -0.478 e. The van der Waals surface area contributed by atoms with Crippen LogP contribution in [0.5, 0.6) is 0 Å². The fourth-order valence-electron chi connectivity index (χ4n) is 3.40. The number of aromatic carboxylic acids is 1. The van der Waals surface area contributed by atoms with Crippen molar-refractivity contribution in [1.29, 1.82) is 0 Å². The number of hydrogen-bond acceptors (Lipinski definition) is 9. The normalized spacial score (nSPS) is 11.5. The molecular formula is C24H22ClN5O6S. The van der Waals surface area contributed by atoms with E-state index in [-0.39, 0.29) is 28.6 Å². The topological polar surface area (TPSA) is 149 Å². The highest BCUT2D eigenvalue weighted by atomic mass is 35.5. The van der Waals surface area contributed by atoms with Gasteiger partial charge in [-0.1, -0.05) is 32.4 Å². The largest absolute Gasteiger partial charge is 0.478 e. The molecule has 0 fully saturated rings. The molecule has 4 aromatic heterocycles. The Balaban J connectivity index is 1.75. The lowest BCUT2D eigenvalue weighted by Gasteiger charge is -2.18. The number of oxazole rings is 1. The second-order valence-corrected chi connectivity index (χ2v) is 10.9. The van der Waals surface area contributed by atoms with Crippen molar-refractivity contribution < 1.29 is 23.9 Å². The number of halogens is 1. The first kappa shape index (κ1) is 26.0. The lowest BCUT2D eigenvalue weighted by atomic mass is 9.96. The zero-order chi connectivity index (χ0) is 26.9. The number of nitrogens with zero attached hydrogens (tertiary/aromatic N) is 4. The van der Waals surface area contributed by atoms with E-state index in [9.17, 15) is 24.3 Å². The number of rotatable bonds is 8. The fraction of sp³-hybridized carbons (Fsp3) is 0.250. The lowest BCUT2D eigenvalue weighted by molar-refractivity contribution is 0.0695. The minimum atomic E-state index is -1.34. The van der Waals surface area contributed by atoms with Gasteiger partial charge in [0.25, 0.3) is 17.4 Å². The van der Waals surface area contributed by atoms with Crippen LogP contribution in [0.25, 0.3) is 11.3 Å². The number of aromatic nitrogens is 4. The summed E-state index contributed by atoms with van der Waals surface area (Å²) >= 11 is 7.38. The van der Waals surface area contributed by atoms with Gasteiger partial charge >= 0.3 is 5.97 Å². The molecule has 37 heavy (non-hydrogen) atoms. The molecule has 11 nitrogen and oxygen atoms in total. The molecular weight excluding hydrogens is 522 g/mol. The van der Waals surface area contributed by atoms with Crippen molar-refractivity contribution in [1.82, 2.24) is 19.3 Å². The van der Waals surface area contributed by atoms with Crippen LogP contribution in [0, 0.1) is 5.41 Å². The predicted molar refractivity (Wildman–Crippen MR) is 136 cm³/mol. The van der Waals surface area contributed by atoms with Crippen molar-refractivity contribution in [3.63, 3.8) is 0 Å². The SMILES string of the molecule is CC(C)(C)C(=O)n1nc(-c2cc(=O)n(CC(=O)c3ncco3)cc2C(=O)O)cc1NCc1ccc(Cl)s1. The molecule has 0 aliphatic carbocycles. The maximum absolute atomic E-state index is 13.1. The molecule has 0 aliphatic rings. The van der Waals surface area contributed by atoms with E-state index in [1.54, 1.807) is 26.8 Å². The number of pyridine rings is 1. The Morgan fingerprint density at radius 2 is 1.97 bits per heavy atom. The highest BCUT2D eigenvalue weighted by Gasteiger charge is 2.28. The minimum absolute atomic E-state index is 0.000000157. The van der Waals surface area contributed by atoms with Gasteiger partial charge in [0.1, 0.15) is 12.1 Å². The average Bonchev–Trinajstić information content (AvgIpc) is 3.58. The molecule has 13 heteroatoms. The van der Waals surface area contributed by atoms with Gasteiger partial charge in [0.2, 0.25) is 5.78 Å². The first-order chi connectivity index (χ1) is 17.4. The van der Waals surface area contributed by atoms with Crippen LogP contribution in [0.2, 0.25) is 4.34 Å². The van der Waals surface area contributed by atoms with Gasteiger partial charge in [-0.2, -0.15) is 9.78 Å². The molecule has 0 spiro atoms. The summed E-state index contributed by atoms with van der Waals surface area (Å²) in [4.78, 5) is 55.1. The fourth-order valence-corrected chi connectivity index (χ4v) is 4.43. The van der Waals surface area contributed by atoms with Crippen molar-refractivity contribution >= 4 is 46.4 Å². The molecule has 0 atom stereocenters. The van der Waals surface area contributed by atoms with Crippen molar-refractivity contribution in [3.05, 3.63) is 73.9 Å². The van der Waals surface area contributed by atoms with Gasteiger partial charge in [-0.15, -0.1) is 11.3 Å². The Labute approximate surface area is 219 Å². The van der Waals surface area contributed by atoms with Gasteiger partial charge in [-0.25, -0.2) is 9.78 Å².